The number of hydrogen-bond donors (Lipinski definition) is 0. The molecular formula is C16H20N4O4. The molecule has 1 saturated heterocycles. The number of benzene rings is 1. The van der Waals surface area contributed by atoms with E-state index < -0.39 is 0 Å². The maximum Gasteiger partial charge on any atom is 0.231 e. The molecule has 1 aromatic carbocycles. The fourth-order valence-electron chi connectivity index (χ4n) is 3.12. The van der Waals surface area contributed by atoms with Crippen molar-refractivity contribution in [1.82, 2.24) is 19.7 Å². The Morgan fingerprint density at radius 2 is 2.25 bits per heavy atom. The van der Waals surface area contributed by atoms with Crippen LogP contribution in [0.4, 0.5) is 0 Å². The molecule has 0 saturated carbocycles. The second-order valence-electron chi connectivity index (χ2n) is 5.93. The molecule has 1 fully saturated rings. The predicted octanol–water partition coefficient (Wildman–Crippen LogP) is 1.13. The third-order valence-electron chi connectivity index (χ3n) is 4.31. The Balaban J connectivity index is 1.50. The highest BCUT2D eigenvalue weighted by atomic mass is 16.7. The highest BCUT2D eigenvalue weighted by Crippen LogP contribution is 2.42. The number of nitrogens with zero attached hydrogens (tertiary/aromatic N) is 4. The molecule has 0 spiro atoms. The molecule has 0 aliphatic carbocycles. The van der Waals surface area contributed by atoms with Gasteiger partial charge in [0.2, 0.25) is 12.5 Å². The summed E-state index contributed by atoms with van der Waals surface area (Å²) >= 11 is 0. The quantitative estimate of drug-likeness (QED) is 0.831. The summed E-state index contributed by atoms with van der Waals surface area (Å²) in [6, 6.07) is 4.01. The van der Waals surface area contributed by atoms with Gasteiger partial charge in [-0.3, -0.25) is 4.90 Å². The Kier molecular flexibility index (Phi) is 3.99. The number of ether oxygens (including phenoxy) is 4. The van der Waals surface area contributed by atoms with Gasteiger partial charge in [0.05, 0.1) is 13.7 Å². The number of methoxy groups -OCH3 is 1. The van der Waals surface area contributed by atoms with Gasteiger partial charge in [0.15, 0.2) is 17.3 Å². The molecule has 8 nitrogen and oxygen atoms in total. The first-order valence-electron chi connectivity index (χ1n) is 7.89. The fourth-order valence-corrected chi connectivity index (χ4v) is 3.12. The van der Waals surface area contributed by atoms with E-state index in [1.54, 1.807) is 13.4 Å². The van der Waals surface area contributed by atoms with E-state index in [9.17, 15) is 0 Å². The molecule has 2 aliphatic heterocycles. The molecule has 0 bridgehead atoms. The zero-order valence-electron chi connectivity index (χ0n) is 13.8. The van der Waals surface area contributed by atoms with Crippen LogP contribution in [0.15, 0.2) is 18.5 Å². The third-order valence-corrected chi connectivity index (χ3v) is 4.31. The molecule has 1 atom stereocenters. The fraction of sp³-hybridized carbons (Fsp3) is 0.500. The van der Waals surface area contributed by atoms with E-state index in [4.69, 9.17) is 18.9 Å². The zero-order chi connectivity index (χ0) is 16.5. The summed E-state index contributed by atoms with van der Waals surface area (Å²) in [6.07, 6.45) is 1.63. The van der Waals surface area contributed by atoms with Crippen molar-refractivity contribution in [3.63, 3.8) is 0 Å². The van der Waals surface area contributed by atoms with Gasteiger partial charge in [-0.15, -0.1) is 10.2 Å². The Morgan fingerprint density at radius 3 is 3.04 bits per heavy atom. The van der Waals surface area contributed by atoms with Gasteiger partial charge in [-0.25, -0.2) is 0 Å². The SMILES string of the molecule is COc1cc(CN2CCO[C@H](c3nncn3C)C2)cc2c1OCO2. The van der Waals surface area contributed by atoms with Gasteiger partial charge in [-0.05, 0) is 17.7 Å². The van der Waals surface area contributed by atoms with Crippen LogP contribution in [-0.4, -0.2) is 53.3 Å². The molecule has 0 unspecified atom stereocenters. The van der Waals surface area contributed by atoms with Crippen molar-refractivity contribution in [2.24, 2.45) is 7.05 Å². The Morgan fingerprint density at radius 1 is 1.33 bits per heavy atom. The van der Waals surface area contributed by atoms with Crippen molar-refractivity contribution >= 4 is 0 Å². The maximum absolute atomic E-state index is 5.86. The van der Waals surface area contributed by atoms with Gasteiger partial charge in [-0.1, -0.05) is 0 Å². The first-order chi connectivity index (χ1) is 11.7. The number of hydrogen-bond acceptors (Lipinski definition) is 7. The van der Waals surface area contributed by atoms with Crippen LogP contribution in [0.1, 0.15) is 17.5 Å². The highest BCUT2D eigenvalue weighted by Gasteiger charge is 2.26. The minimum Gasteiger partial charge on any atom is -0.493 e. The topological polar surface area (TPSA) is 70.9 Å². The first kappa shape index (κ1) is 15.2. The second-order valence-corrected chi connectivity index (χ2v) is 5.93. The van der Waals surface area contributed by atoms with Crippen molar-refractivity contribution in [1.29, 1.82) is 0 Å². The average molecular weight is 332 g/mol. The molecule has 3 heterocycles. The molecule has 2 aliphatic rings. The molecule has 4 rings (SSSR count). The molecule has 24 heavy (non-hydrogen) atoms. The predicted molar refractivity (Wildman–Crippen MR) is 84.1 cm³/mol. The van der Waals surface area contributed by atoms with E-state index in [0.29, 0.717) is 18.1 Å². The summed E-state index contributed by atoms with van der Waals surface area (Å²) in [5.74, 6) is 2.98. The molecule has 1 aromatic heterocycles. The Hall–Kier alpha value is -2.32. The molecule has 2 aromatic rings. The van der Waals surface area contributed by atoms with Crippen LogP contribution in [0, 0.1) is 0 Å². The van der Waals surface area contributed by atoms with Crippen LogP contribution in [0.5, 0.6) is 17.2 Å². The lowest BCUT2D eigenvalue weighted by Crippen LogP contribution is -2.38. The average Bonchev–Trinajstić information content (AvgIpc) is 3.23. The van der Waals surface area contributed by atoms with E-state index >= 15 is 0 Å². The van der Waals surface area contributed by atoms with Gasteiger partial charge in [0.1, 0.15) is 12.4 Å². The first-order valence-corrected chi connectivity index (χ1v) is 7.89. The number of aryl methyl sites for hydroxylation is 1. The van der Waals surface area contributed by atoms with E-state index in [-0.39, 0.29) is 12.9 Å². The van der Waals surface area contributed by atoms with Gasteiger partial charge in [-0.2, -0.15) is 0 Å². The van der Waals surface area contributed by atoms with Gasteiger partial charge >= 0.3 is 0 Å². The second kappa shape index (κ2) is 6.29. The van der Waals surface area contributed by atoms with Crippen LogP contribution < -0.4 is 14.2 Å². The summed E-state index contributed by atoms with van der Waals surface area (Å²) in [5, 5.41) is 8.10. The van der Waals surface area contributed by atoms with E-state index in [1.807, 2.05) is 23.7 Å². The monoisotopic (exact) mass is 332 g/mol. The van der Waals surface area contributed by atoms with Gasteiger partial charge in [0, 0.05) is 26.7 Å². The minimum absolute atomic E-state index is 0.0674. The molecule has 0 radical (unpaired) electrons. The summed E-state index contributed by atoms with van der Waals surface area (Å²) in [7, 11) is 3.57. The molecular weight excluding hydrogens is 312 g/mol. The van der Waals surface area contributed by atoms with Crippen molar-refractivity contribution < 1.29 is 18.9 Å². The molecule has 0 N–H and O–H groups in total. The number of morpholine rings is 1. The standard InChI is InChI=1S/C16H20N4O4/c1-19-9-17-18-16(19)14-8-20(3-4-22-14)7-11-5-12(21-2)15-13(6-11)23-10-24-15/h5-6,9,14H,3-4,7-8,10H2,1-2H3/t14-/m0/s1. The Bertz CT molecular complexity index is 733. The lowest BCUT2D eigenvalue weighted by atomic mass is 10.1. The van der Waals surface area contributed by atoms with Crippen molar-refractivity contribution in [2.45, 2.75) is 12.6 Å². The zero-order valence-corrected chi connectivity index (χ0v) is 13.8. The normalized spacial score (nSPS) is 20.3. The number of fused-ring (bicyclic) bond motifs is 1. The maximum atomic E-state index is 5.86. The van der Waals surface area contributed by atoms with Crippen molar-refractivity contribution in [3.8, 4) is 17.2 Å². The third kappa shape index (κ3) is 2.78. The summed E-state index contributed by atoms with van der Waals surface area (Å²) in [4.78, 5) is 2.33. The lowest BCUT2D eigenvalue weighted by Gasteiger charge is -2.32. The minimum atomic E-state index is -0.0674. The molecule has 8 heteroatoms. The van der Waals surface area contributed by atoms with Crippen LogP contribution in [-0.2, 0) is 18.3 Å². The summed E-state index contributed by atoms with van der Waals surface area (Å²) in [6.45, 7) is 3.32. The van der Waals surface area contributed by atoms with Crippen LogP contribution in [0.2, 0.25) is 0 Å². The largest absolute Gasteiger partial charge is 0.493 e. The van der Waals surface area contributed by atoms with Crippen molar-refractivity contribution in [2.75, 3.05) is 33.6 Å². The van der Waals surface area contributed by atoms with Crippen LogP contribution in [0.3, 0.4) is 0 Å². The van der Waals surface area contributed by atoms with Gasteiger partial charge in [0.25, 0.3) is 0 Å². The van der Waals surface area contributed by atoms with E-state index in [0.717, 1.165) is 36.8 Å². The highest BCUT2D eigenvalue weighted by molar-refractivity contribution is 5.55. The smallest absolute Gasteiger partial charge is 0.231 e. The van der Waals surface area contributed by atoms with E-state index in [1.165, 1.54) is 0 Å². The van der Waals surface area contributed by atoms with E-state index in [2.05, 4.69) is 15.1 Å². The summed E-state index contributed by atoms with van der Waals surface area (Å²) < 4.78 is 24.1. The molecule has 0 amide bonds. The lowest BCUT2D eigenvalue weighted by molar-refractivity contribution is -0.0385. The summed E-state index contributed by atoms with van der Waals surface area (Å²) in [5.41, 5.74) is 1.12. The van der Waals surface area contributed by atoms with Crippen LogP contribution >= 0.6 is 0 Å². The van der Waals surface area contributed by atoms with Gasteiger partial charge < -0.3 is 23.5 Å². The molecule has 128 valence electrons. The number of rotatable bonds is 4. The van der Waals surface area contributed by atoms with Crippen molar-refractivity contribution in [3.05, 3.63) is 29.8 Å². The van der Waals surface area contributed by atoms with Crippen LogP contribution in [0.25, 0.3) is 0 Å². The Labute approximate surface area is 139 Å². The number of aromatic nitrogens is 3.